The van der Waals surface area contributed by atoms with E-state index in [4.69, 9.17) is 13.9 Å². The minimum Gasteiger partial charge on any atom is -0.444 e. The van der Waals surface area contributed by atoms with Crippen molar-refractivity contribution in [3.05, 3.63) is 35.9 Å². The van der Waals surface area contributed by atoms with Crippen LogP contribution in [-0.4, -0.2) is 75.3 Å². The van der Waals surface area contributed by atoms with E-state index in [0.717, 1.165) is 11.1 Å². The fraction of sp³-hybridized carbons (Fsp3) is 0.607. The Bertz CT molecular complexity index is 1070. The summed E-state index contributed by atoms with van der Waals surface area (Å²) in [5.74, 6) is -0.165. The summed E-state index contributed by atoms with van der Waals surface area (Å²) in [4.78, 5) is 39.9. The van der Waals surface area contributed by atoms with Crippen molar-refractivity contribution >= 4 is 37.7 Å². The summed E-state index contributed by atoms with van der Waals surface area (Å²) < 4.78 is 17.6. The molecule has 1 N–H and O–H groups in total. The highest BCUT2D eigenvalue weighted by Crippen LogP contribution is 2.37. The summed E-state index contributed by atoms with van der Waals surface area (Å²) >= 11 is 0. The van der Waals surface area contributed by atoms with Crippen molar-refractivity contribution in [3.63, 3.8) is 0 Å². The van der Waals surface area contributed by atoms with Crippen LogP contribution in [0.4, 0.5) is 15.3 Å². The van der Waals surface area contributed by atoms with E-state index in [0.29, 0.717) is 25.4 Å². The Morgan fingerprint density at radius 3 is 2.29 bits per heavy atom. The molecule has 38 heavy (non-hydrogen) atoms. The smallest absolute Gasteiger partial charge is 0.414 e. The first kappa shape index (κ1) is 29.7. The average Bonchev–Trinajstić information content (AvgIpc) is 3.38. The molecule has 2 atom stereocenters. The standard InChI is InChI=1S/C28H43N3O6Si/c1-19(32)29-15-24-17-31(25(33)36-24)22-12-10-20(11-13-22)21-14-23(18-35-38(8,9)28(5,6)7)30(16-21)26(34)37-27(2,3)4/h10-14,23-24H,15-18H2,1-9H3,(H,29,32)/t23-,24-/m0/s1. The molecule has 2 aliphatic rings. The Balaban J connectivity index is 1.76. The number of benzene rings is 1. The van der Waals surface area contributed by atoms with Crippen molar-refractivity contribution in [2.45, 2.75) is 84.3 Å². The molecule has 0 spiro atoms. The van der Waals surface area contributed by atoms with Crippen LogP contribution in [0.2, 0.25) is 18.1 Å². The maximum Gasteiger partial charge on any atom is 0.414 e. The van der Waals surface area contributed by atoms with Gasteiger partial charge in [0.25, 0.3) is 0 Å². The quantitative estimate of drug-likeness (QED) is 0.475. The molecule has 10 heteroatoms. The molecule has 1 fully saturated rings. The van der Waals surface area contributed by atoms with Crippen LogP contribution in [0.5, 0.6) is 0 Å². The van der Waals surface area contributed by atoms with Crippen molar-refractivity contribution in [2.24, 2.45) is 0 Å². The molecule has 0 aliphatic carbocycles. The zero-order valence-corrected chi connectivity index (χ0v) is 25.2. The molecule has 1 aromatic rings. The fourth-order valence-electron chi connectivity index (χ4n) is 3.98. The summed E-state index contributed by atoms with van der Waals surface area (Å²) in [5.41, 5.74) is 2.07. The number of hydrogen-bond acceptors (Lipinski definition) is 6. The summed E-state index contributed by atoms with van der Waals surface area (Å²) in [7, 11) is -2.01. The monoisotopic (exact) mass is 545 g/mol. The third-order valence-electron chi connectivity index (χ3n) is 7.19. The van der Waals surface area contributed by atoms with Crippen LogP contribution in [-0.2, 0) is 18.7 Å². The molecule has 2 aliphatic heterocycles. The number of hydrogen-bond donors (Lipinski definition) is 1. The van der Waals surface area contributed by atoms with Gasteiger partial charge in [0.15, 0.2) is 8.32 Å². The van der Waals surface area contributed by atoms with Crippen LogP contribution in [0.3, 0.4) is 0 Å². The molecule has 0 saturated carbocycles. The number of amides is 3. The van der Waals surface area contributed by atoms with Gasteiger partial charge >= 0.3 is 12.2 Å². The molecular formula is C28H43N3O6Si. The average molecular weight is 546 g/mol. The van der Waals surface area contributed by atoms with E-state index >= 15 is 0 Å². The molecule has 3 rings (SSSR count). The van der Waals surface area contributed by atoms with Crippen LogP contribution in [0.1, 0.15) is 54.0 Å². The topological polar surface area (TPSA) is 97.4 Å². The number of nitrogens with one attached hydrogen (secondary N) is 1. The predicted molar refractivity (Wildman–Crippen MR) is 151 cm³/mol. The van der Waals surface area contributed by atoms with Crippen LogP contribution in [0, 0.1) is 0 Å². The molecule has 9 nitrogen and oxygen atoms in total. The van der Waals surface area contributed by atoms with Gasteiger partial charge in [-0.3, -0.25) is 14.6 Å². The second-order valence-corrected chi connectivity index (χ2v) is 17.3. The van der Waals surface area contributed by atoms with Gasteiger partial charge in [-0.05, 0) is 62.2 Å². The highest BCUT2D eigenvalue weighted by Gasteiger charge is 2.40. The number of ether oxygens (including phenoxy) is 2. The molecule has 210 valence electrons. The maximum atomic E-state index is 13.1. The highest BCUT2D eigenvalue weighted by atomic mass is 28.4. The van der Waals surface area contributed by atoms with Gasteiger partial charge in [-0.1, -0.05) is 39.0 Å². The van der Waals surface area contributed by atoms with E-state index in [1.165, 1.54) is 6.92 Å². The van der Waals surface area contributed by atoms with Gasteiger partial charge in [0.05, 0.1) is 32.3 Å². The lowest BCUT2D eigenvalue weighted by molar-refractivity contribution is -0.119. The van der Waals surface area contributed by atoms with E-state index in [1.54, 1.807) is 9.80 Å². The summed E-state index contributed by atoms with van der Waals surface area (Å²) in [6.45, 7) is 19.5. The fourth-order valence-corrected chi connectivity index (χ4v) is 5.00. The van der Waals surface area contributed by atoms with Crippen molar-refractivity contribution in [2.75, 3.05) is 31.1 Å². The SMILES string of the molecule is CC(=O)NC[C@H]1CN(c2ccc(C3=C[C@@H](CO[Si](C)(C)C(C)(C)C)N(C(=O)OC(C)(C)C)C3)cc2)C(=O)O1. The van der Waals surface area contributed by atoms with Crippen LogP contribution in [0.25, 0.3) is 5.57 Å². The van der Waals surface area contributed by atoms with E-state index in [-0.39, 0.29) is 29.6 Å². The van der Waals surface area contributed by atoms with Gasteiger partial charge in [0.2, 0.25) is 5.91 Å². The summed E-state index contributed by atoms with van der Waals surface area (Å²) in [6, 6.07) is 7.39. The summed E-state index contributed by atoms with van der Waals surface area (Å²) in [5, 5.41) is 2.74. The molecule has 1 saturated heterocycles. The molecule has 0 bridgehead atoms. The first-order valence-corrected chi connectivity index (χ1v) is 16.0. The molecular weight excluding hydrogens is 502 g/mol. The number of carbonyl (C=O) groups is 3. The number of nitrogens with zero attached hydrogens (tertiary/aromatic N) is 2. The molecule has 0 radical (unpaired) electrons. The number of carbonyl (C=O) groups excluding carboxylic acids is 3. The van der Waals surface area contributed by atoms with Crippen molar-refractivity contribution in [1.29, 1.82) is 0 Å². The van der Waals surface area contributed by atoms with Crippen LogP contribution >= 0.6 is 0 Å². The van der Waals surface area contributed by atoms with Gasteiger partial charge in [-0.15, -0.1) is 0 Å². The van der Waals surface area contributed by atoms with Crippen LogP contribution < -0.4 is 10.2 Å². The Labute approximate surface area is 227 Å². The van der Waals surface area contributed by atoms with E-state index in [9.17, 15) is 14.4 Å². The lowest BCUT2D eigenvalue weighted by Gasteiger charge is -2.38. The van der Waals surface area contributed by atoms with Gasteiger partial charge in [0.1, 0.15) is 11.7 Å². The third kappa shape index (κ3) is 7.38. The minimum atomic E-state index is -2.01. The lowest BCUT2D eigenvalue weighted by atomic mass is 10.1. The largest absolute Gasteiger partial charge is 0.444 e. The zero-order valence-electron chi connectivity index (χ0n) is 24.2. The molecule has 1 aromatic carbocycles. The maximum absolute atomic E-state index is 13.1. The molecule has 0 unspecified atom stereocenters. The lowest BCUT2D eigenvalue weighted by Crippen LogP contribution is -2.47. The minimum absolute atomic E-state index is 0.0581. The molecule has 3 amide bonds. The number of rotatable bonds is 7. The van der Waals surface area contributed by atoms with Crippen molar-refractivity contribution in [1.82, 2.24) is 10.2 Å². The number of cyclic esters (lactones) is 1. The third-order valence-corrected chi connectivity index (χ3v) is 11.7. The van der Waals surface area contributed by atoms with E-state index < -0.39 is 26.1 Å². The van der Waals surface area contributed by atoms with Crippen molar-refractivity contribution in [3.8, 4) is 0 Å². The van der Waals surface area contributed by atoms with Gasteiger partial charge in [-0.2, -0.15) is 0 Å². The van der Waals surface area contributed by atoms with Gasteiger partial charge in [0, 0.05) is 12.6 Å². The second kappa shape index (κ2) is 11.1. The van der Waals surface area contributed by atoms with Crippen LogP contribution in [0.15, 0.2) is 30.3 Å². The first-order valence-electron chi connectivity index (χ1n) is 13.1. The van der Waals surface area contributed by atoms with E-state index in [1.807, 2.05) is 45.0 Å². The number of anilines is 1. The highest BCUT2D eigenvalue weighted by molar-refractivity contribution is 6.74. The van der Waals surface area contributed by atoms with E-state index in [2.05, 4.69) is 45.3 Å². The second-order valence-electron chi connectivity index (χ2n) is 12.5. The zero-order chi connectivity index (χ0) is 28.5. The van der Waals surface area contributed by atoms with Gasteiger partial charge < -0.3 is 19.2 Å². The van der Waals surface area contributed by atoms with Crippen molar-refractivity contribution < 1.29 is 28.3 Å². The first-order chi connectivity index (χ1) is 17.5. The molecule has 2 heterocycles. The predicted octanol–water partition coefficient (Wildman–Crippen LogP) is 5.17. The normalized spacial score (nSPS) is 20.3. The van der Waals surface area contributed by atoms with Gasteiger partial charge in [-0.25, -0.2) is 9.59 Å². The Morgan fingerprint density at radius 1 is 1.11 bits per heavy atom. The Kier molecular flexibility index (Phi) is 8.67. The Hall–Kier alpha value is -2.85. The molecule has 0 aromatic heterocycles. The Morgan fingerprint density at radius 2 is 1.74 bits per heavy atom. The summed E-state index contributed by atoms with van der Waals surface area (Å²) in [6.07, 6.45) is 0.883.